The van der Waals surface area contributed by atoms with Crippen molar-refractivity contribution in [3.8, 4) is 0 Å². The van der Waals surface area contributed by atoms with Gasteiger partial charge in [0.15, 0.2) is 6.61 Å². The van der Waals surface area contributed by atoms with Gasteiger partial charge in [-0.3, -0.25) is 18.7 Å². The van der Waals surface area contributed by atoms with Crippen LogP contribution >= 0.6 is 0 Å². The van der Waals surface area contributed by atoms with Crippen molar-refractivity contribution in [2.45, 2.75) is 6.18 Å². The van der Waals surface area contributed by atoms with Gasteiger partial charge in [-0.15, -0.1) is 0 Å². The van der Waals surface area contributed by atoms with E-state index in [1.54, 1.807) is 6.07 Å². The number of alkyl halides is 3. The van der Waals surface area contributed by atoms with Gasteiger partial charge in [0, 0.05) is 19.8 Å². The van der Waals surface area contributed by atoms with Crippen LogP contribution in [0.1, 0.15) is 26.3 Å². The smallest absolute Gasteiger partial charge is 0.416 e. The summed E-state index contributed by atoms with van der Waals surface area (Å²) in [4.78, 5) is 49.3. The molecule has 34 heavy (non-hydrogen) atoms. The second-order valence-electron chi connectivity index (χ2n) is 7.21. The van der Waals surface area contributed by atoms with Crippen LogP contribution in [0.5, 0.6) is 0 Å². The fourth-order valence-electron chi connectivity index (χ4n) is 3.10. The third-order valence-corrected chi connectivity index (χ3v) is 4.94. The molecule has 12 heteroatoms. The number of rotatable bonds is 6. The second kappa shape index (κ2) is 9.25. The lowest BCUT2D eigenvalue weighted by atomic mass is 10.1. The van der Waals surface area contributed by atoms with E-state index >= 15 is 0 Å². The normalized spacial score (nSPS) is 11.2. The molecule has 3 rings (SSSR count). The molecular weight excluding hydrogens is 457 g/mol. The molecule has 9 nitrogen and oxygen atoms in total. The Morgan fingerprint density at radius 2 is 1.71 bits per heavy atom. The van der Waals surface area contributed by atoms with Gasteiger partial charge < -0.3 is 15.8 Å². The van der Waals surface area contributed by atoms with Gasteiger partial charge in [0.25, 0.3) is 5.56 Å². The van der Waals surface area contributed by atoms with Crippen LogP contribution in [0.15, 0.2) is 58.1 Å². The lowest BCUT2D eigenvalue weighted by molar-refractivity contribution is -0.137. The molecular formula is C22H19F3N4O5. The third kappa shape index (κ3) is 4.85. The van der Waals surface area contributed by atoms with Crippen LogP contribution in [0.4, 0.5) is 30.4 Å². The molecule has 1 aromatic heterocycles. The van der Waals surface area contributed by atoms with Crippen LogP contribution in [0.25, 0.3) is 0 Å². The first-order valence-electron chi connectivity index (χ1n) is 9.71. The Balaban J connectivity index is 1.81. The Hall–Kier alpha value is -4.35. The summed E-state index contributed by atoms with van der Waals surface area (Å²) in [5.41, 5.74) is 2.82. The number of ether oxygens (including phenoxy) is 1. The Bertz CT molecular complexity index is 1390. The van der Waals surface area contributed by atoms with Crippen LogP contribution in [-0.4, -0.2) is 27.5 Å². The van der Waals surface area contributed by atoms with Gasteiger partial charge in [0.1, 0.15) is 11.4 Å². The van der Waals surface area contributed by atoms with Crippen molar-refractivity contribution in [2.75, 3.05) is 17.7 Å². The molecule has 0 saturated heterocycles. The molecule has 0 unspecified atom stereocenters. The number of nitrogens with one attached hydrogen (secondary N) is 1. The number of benzene rings is 2. The predicted molar refractivity (Wildman–Crippen MR) is 117 cm³/mol. The van der Waals surface area contributed by atoms with Gasteiger partial charge >= 0.3 is 17.8 Å². The van der Waals surface area contributed by atoms with Crippen molar-refractivity contribution in [3.05, 3.63) is 86.1 Å². The van der Waals surface area contributed by atoms with E-state index in [-0.39, 0.29) is 22.8 Å². The van der Waals surface area contributed by atoms with E-state index in [9.17, 15) is 32.3 Å². The number of para-hydroxylation sites is 1. The van der Waals surface area contributed by atoms with Gasteiger partial charge in [0.05, 0.1) is 16.8 Å². The highest BCUT2D eigenvalue weighted by atomic mass is 19.4. The zero-order valence-electron chi connectivity index (χ0n) is 18.0. The third-order valence-electron chi connectivity index (χ3n) is 4.94. The lowest BCUT2D eigenvalue weighted by Gasteiger charge is -2.14. The number of aromatic nitrogens is 2. The number of esters is 1. The fraction of sp³-hybridized carbons (Fsp3) is 0.182. The van der Waals surface area contributed by atoms with E-state index in [4.69, 9.17) is 10.5 Å². The fourth-order valence-corrected chi connectivity index (χ4v) is 3.10. The maximum Gasteiger partial charge on any atom is 0.416 e. The molecule has 1 heterocycles. The zero-order valence-corrected chi connectivity index (χ0v) is 18.0. The number of carbonyl (C=O) groups is 2. The van der Waals surface area contributed by atoms with Gasteiger partial charge in [-0.1, -0.05) is 18.2 Å². The van der Waals surface area contributed by atoms with Crippen molar-refractivity contribution in [1.82, 2.24) is 9.13 Å². The molecule has 2 aromatic carbocycles. The molecule has 0 bridgehead atoms. The first-order valence-corrected chi connectivity index (χ1v) is 9.71. The van der Waals surface area contributed by atoms with E-state index < -0.39 is 46.9 Å². The standard InChI is InChI=1S/C22H19F3N4O5/c1-28-18(26)17(19(31)29(2)21(28)33)16(30)11-34-20(32)14-8-3-4-9-15(14)27-13-7-5-6-12(10-13)22(23,24)25/h3-10,27H,11,26H2,1-2H3. The van der Waals surface area contributed by atoms with Gasteiger partial charge in [-0.2, -0.15) is 13.2 Å². The Kier molecular flexibility index (Phi) is 6.61. The molecule has 3 N–H and O–H groups in total. The maximum absolute atomic E-state index is 13.0. The summed E-state index contributed by atoms with van der Waals surface area (Å²) in [6.07, 6.45) is -4.55. The number of hydrogen-bond donors (Lipinski definition) is 2. The molecule has 0 aliphatic rings. The SMILES string of the molecule is Cn1c(N)c(C(=O)COC(=O)c2ccccc2Nc2cccc(C(F)(F)F)c2)c(=O)n(C)c1=O. The molecule has 178 valence electrons. The minimum atomic E-state index is -4.55. The van der Waals surface area contributed by atoms with Crippen LogP contribution in [0, 0.1) is 0 Å². The summed E-state index contributed by atoms with van der Waals surface area (Å²) in [7, 11) is 2.44. The number of anilines is 3. The zero-order chi connectivity index (χ0) is 25.2. The van der Waals surface area contributed by atoms with E-state index in [1.807, 2.05) is 0 Å². The summed E-state index contributed by atoms with van der Waals surface area (Å²) >= 11 is 0. The number of halogens is 3. The Labute approximate surface area is 190 Å². The monoisotopic (exact) mass is 476 g/mol. The first kappa shape index (κ1) is 24.3. The highest BCUT2D eigenvalue weighted by Crippen LogP contribution is 2.32. The maximum atomic E-state index is 13.0. The average Bonchev–Trinajstić information content (AvgIpc) is 2.80. The number of hydrogen-bond acceptors (Lipinski definition) is 7. The number of nitrogens with zero attached hydrogens (tertiary/aromatic N) is 2. The number of nitrogens with two attached hydrogens (primary N) is 1. The number of ketones is 1. The summed E-state index contributed by atoms with van der Waals surface area (Å²) in [5, 5.41) is 2.73. The first-order chi connectivity index (χ1) is 15.9. The molecule has 0 aliphatic carbocycles. The lowest BCUT2D eigenvalue weighted by Crippen LogP contribution is -2.42. The summed E-state index contributed by atoms with van der Waals surface area (Å²) < 4.78 is 45.5. The number of nitrogen functional groups attached to an aromatic ring is 1. The second-order valence-corrected chi connectivity index (χ2v) is 7.21. The van der Waals surface area contributed by atoms with Crippen LogP contribution < -0.4 is 22.3 Å². The van der Waals surface area contributed by atoms with Gasteiger partial charge in [-0.05, 0) is 30.3 Å². The minimum absolute atomic E-state index is 0.0611. The summed E-state index contributed by atoms with van der Waals surface area (Å²) in [6.45, 7) is -0.853. The summed E-state index contributed by atoms with van der Waals surface area (Å²) in [6, 6.07) is 10.2. The Morgan fingerprint density at radius 1 is 1.03 bits per heavy atom. The van der Waals surface area contributed by atoms with Crippen molar-refractivity contribution >= 4 is 28.9 Å². The van der Waals surface area contributed by atoms with Gasteiger partial charge in [-0.25, -0.2) is 9.59 Å². The van der Waals surface area contributed by atoms with E-state index in [1.165, 1.54) is 44.4 Å². The quantitative estimate of drug-likeness (QED) is 0.414. The molecule has 0 saturated carbocycles. The van der Waals surface area contributed by atoms with Crippen LogP contribution in [0.3, 0.4) is 0 Å². The van der Waals surface area contributed by atoms with E-state index in [0.717, 1.165) is 16.7 Å². The highest BCUT2D eigenvalue weighted by Gasteiger charge is 2.30. The molecule has 0 radical (unpaired) electrons. The molecule has 3 aromatic rings. The Morgan fingerprint density at radius 3 is 2.38 bits per heavy atom. The number of carbonyl (C=O) groups excluding carboxylic acids is 2. The molecule has 0 atom stereocenters. The molecule has 0 aliphatic heterocycles. The average molecular weight is 476 g/mol. The van der Waals surface area contributed by atoms with E-state index in [2.05, 4.69) is 5.32 Å². The summed E-state index contributed by atoms with van der Waals surface area (Å²) in [5.74, 6) is -2.27. The molecule has 0 spiro atoms. The molecule has 0 amide bonds. The van der Waals surface area contributed by atoms with E-state index in [0.29, 0.717) is 4.57 Å². The van der Waals surface area contributed by atoms with Crippen LogP contribution in [-0.2, 0) is 25.0 Å². The van der Waals surface area contributed by atoms with Crippen LogP contribution in [0.2, 0.25) is 0 Å². The van der Waals surface area contributed by atoms with Crippen molar-refractivity contribution in [2.24, 2.45) is 14.1 Å². The van der Waals surface area contributed by atoms with Crippen molar-refractivity contribution in [1.29, 1.82) is 0 Å². The number of Topliss-reactive ketones (excluding diaryl/α,β-unsaturated/α-hetero) is 1. The molecule has 0 fully saturated rings. The van der Waals surface area contributed by atoms with Crippen molar-refractivity contribution in [3.63, 3.8) is 0 Å². The highest BCUT2D eigenvalue weighted by molar-refractivity contribution is 6.03. The topological polar surface area (TPSA) is 125 Å². The minimum Gasteiger partial charge on any atom is -0.454 e. The largest absolute Gasteiger partial charge is 0.454 e. The predicted octanol–water partition coefficient (Wildman–Crippen LogP) is 2.47. The van der Waals surface area contributed by atoms with Gasteiger partial charge in [0.2, 0.25) is 5.78 Å². The van der Waals surface area contributed by atoms with Crippen molar-refractivity contribution < 1.29 is 27.5 Å².